The fourth-order valence-corrected chi connectivity index (χ4v) is 2.45. The second-order valence-electron chi connectivity index (χ2n) is 5.16. The number of imidazole rings is 1. The van der Waals surface area contributed by atoms with Crippen LogP contribution in [-0.2, 0) is 0 Å². The highest BCUT2D eigenvalue weighted by molar-refractivity contribution is 5.82. The summed E-state index contributed by atoms with van der Waals surface area (Å²) in [7, 11) is 0. The molecule has 0 bridgehead atoms. The monoisotopic (exact) mass is 298 g/mol. The number of rotatable bonds is 3. The smallest absolute Gasteiger partial charge is 0.140 e. The van der Waals surface area contributed by atoms with Gasteiger partial charge in [-0.15, -0.1) is 5.11 Å². The van der Waals surface area contributed by atoms with Gasteiger partial charge in [-0.3, -0.25) is 0 Å². The molecule has 1 aromatic heterocycles. The minimum atomic E-state index is 0.787. The molecule has 0 saturated carbocycles. The Hall–Kier alpha value is -3.27. The number of nitrogens with one attached hydrogen (secondary N) is 1. The number of H-pyrrole nitrogens is 1. The molecule has 0 aliphatic heterocycles. The van der Waals surface area contributed by atoms with E-state index in [0.29, 0.717) is 0 Å². The molecule has 0 aliphatic carbocycles. The molecule has 1 heterocycles. The van der Waals surface area contributed by atoms with Gasteiger partial charge < -0.3 is 4.98 Å². The van der Waals surface area contributed by atoms with Crippen LogP contribution in [0.25, 0.3) is 22.4 Å². The lowest BCUT2D eigenvalue weighted by Crippen LogP contribution is -1.80. The maximum absolute atomic E-state index is 4.64. The third-order valence-electron chi connectivity index (χ3n) is 3.58. The van der Waals surface area contributed by atoms with E-state index in [4.69, 9.17) is 0 Å². The van der Waals surface area contributed by atoms with Gasteiger partial charge in [0.05, 0.1) is 22.4 Å². The van der Waals surface area contributed by atoms with Crippen LogP contribution >= 0.6 is 0 Å². The highest BCUT2D eigenvalue weighted by atomic mass is 15.1. The molecule has 4 rings (SSSR count). The fourth-order valence-electron chi connectivity index (χ4n) is 2.45. The largest absolute Gasteiger partial charge is 0.338 e. The Labute approximate surface area is 133 Å². The quantitative estimate of drug-likeness (QED) is 0.488. The van der Waals surface area contributed by atoms with E-state index in [1.165, 1.54) is 0 Å². The van der Waals surface area contributed by atoms with Crippen molar-refractivity contribution in [3.8, 4) is 11.4 Å². The summed E-state index contributed by atoms with van der Waals surface area (Å²) in [5, 5.41) is 8.69. The Bertz CT molecular complexity index is 938. The van der Waals surface area contributed by atoms with Gasteiger partial charge in [-0.2, -0.15) is 5.11 Å². The van der Waals surface area contributed by atoms with Crippen LogP contribution in [0.3, 0.4) is 0 Å². The van der Waals surface area contributed by atoms with E-state index in [9.17, 15) is 0 Å². The molecular formula is C19H14N4. The van der Waals surface area contributed by atoms with Gasteiger partial charge >= 0.3 is 0 Å². The maximum Gasteiger partial charge on any atom is 0.140 e. The molecule has 4 aromatic rings. The molecule has 0 saturated heterocycles. The van der Waals surface area contributed by atoms with Crippen molar-refractivity contribution in [2.45, 2.75) is 0 Å². The van der Waals surface area contributed by atoms with E-state index in [-0.39, 0.29) is 0 Å². The Balaban J connectivity index is 1.76. The first kappa shape index (κ1) is 13.4. The molecule has 0 radical (unpaired) electrons. The van der Waals surface area contributed by atoms with Gasteiger partial charge in [0, 0.05) is 5.56 Å². The fraction of sp³-hybridized carbons (Fsp3) is 0. The molecule has 0 amide bonds. The van der Waals surface area contributed by atoms with Crippen LogP contribution in [0.1, 0.15) is 0 Å². The van der Waals surface area contributed by atoms with E-state index in [0.717, 1.165) is 33.8 Å². The van der Waals surface area contributed by atoms with Crippen LogP contribution < -0.4 is 0 Å². The van der Waals surface area contributed by atoms with Crippen LogP contribution in [0.2, 0.25) is 0 Å². The summed E-state index contributed by atoms with van der Waals surface area (Å²) in [5.74, 6) is 0.800. The van der Waals surface area contributed by atoms with Gasteiger partial charge in [0.1, 0.15) is 5.82 Å². The van der Waals surface area contributed by atoms with E-state index in [2.05, 4.69) is 20.2 Å². The number of nitrogens with zero attached hydrogens (tertiary/aromatic N) is 3. The third-order valence-corrected chi connectivity index (χ3v) is 3.58. The van der Waals surface area contributed by atoms with E-state index >= 15 is 0 Å². The zero-order chi connectivity index (χ0) is 15.5. The summed E-state index contributed by atoms with van der Waals surface area (Å²) in [6.07, 6.45) is 0. The highest BCUT2D eigenvalue weighted by Gasteiger charge is 2.09. The molecule has 4 heteroatoms. The summed E-state index contributed by atoms with van der Waals surface area (Å²) < 4.78 is 0. The third kappa shape index (κ3) is 2.74. The van der Waals surface area contributed by atoms with Crippen LogP contribution in [0.4, 0.5) is 11.4 Å². The topological polar surface area (TPSA) is 53.4 Å². The minimum absolute atomic E-state index is 0.787. The average Bonchev–Trinajstić information content (AvgIpc) is 3.05. The van der Waals surface area contributed by atoms with Crippen molar-refractivity contribution in [1.29, 1.82) is 0 Å². The average molecular weight is 298 g/mol. The summed E-state index contributed by atoms with van der Waals surface area (Å²) in [6.45, 7) is 0. The molecule has 0 spiro atoms. The van der Waals surface area contributed by atoms with Crippen LogP contribution in [0.5, 0.6) is 0 Å². The zero-order valence-corrected chi connectivity index (χ0v) is 12.3. The zero-order valence-electron chi connectivity index (χ0n) is 12.3. The van der Waals surface area contributed by atoms with Crippen LogP contribution in [0, 0.1) is 0 Å². The summed E-state index contributed by atoms with van der Waals surface area (Å²) >= 11 is 0. The number of fused-ring (bicyclic) bond motifs is 1. The number of para-hydroxylation sites is 2. The van der Waals surface area contributed by atoms with Gasteiger partial charge in [0.2, 0.25) is 0 Å². The molecule has 23 heavy (non-hydrogen) atoms. The first-order chi connectivity index (χ1) is 11.4. The summed E-state index contributed by atoms with van der Waals surface area (Å²) in [5.41, 5.74) is 4.50. The number of aromatic amines is 1. The summed E-state index contributed by atoms with van der Waals surface area (Å²) in [4.78, 5) is 7.98. The molecule has 0 aliphatic rings. The molecule has 4 nitrogen and oxygen atoms in total. The van der Waals surface area contributed by atoms with Crippen molar-refractivity contribution in [1.82, 2.24) is 9.97 Å². The van der Waals surface area contributed by atoms with Crippen LogP contribution in [-0.4, -0.2) is 9.97 Å². The lowest BCUT2D eigenvalue weighted by molar-refractivity contribution is 1.22. The molecule has 3 aromatic carbocycles. The van der Waals surface area contributed by atoms with Crippen molar-refractivity contribution in [3.63, 3.8) is 0 Å². The van der Waals surface area contributed by atoms with Gasteiger partial charge in [0.25, 0.3) is 0 Å². The molecule has 0 fully saturated rings. The van der Waals surface area contributed by atoms with Gasteiger partial charge in [-0.25, -0.2) is 4.98 Å². The highest BCUT2D eigenvalue weighted by Crippen LogP contribution is 2.30. The predicted octanol–water partition coefficient (Wildman–Crippen LogP) is 5.65. The standard InChI is InChI=1S/C19H14N4/c1-2-8-14(9-3-1)22-23-16-11-5-4-10-15(16)19-20-17-12-6-7-13-18(17)21-19/h1-13H,(H,20,21). The van der Waals surface area contributed by atoms with Crippen molar-refractivity contribution in [2.24, 2.45) is 10.2 Å². The number of aromatic nitrogens is 2. The number of benzene rings is 3. The van der Waals surface area contributed by atoms with Gasteiger partial charge in [0.15, 0.2) is 0 Å². The van der Waals surface area contributed by atoms with Gasteiger partial charge in [-0.05, 0) is 36.4 Å². The summed E-state index contributed by atoms with van der Waals surface area (Å²) in [6, 6.07) is 25.5. The maximum atomic E-state index is 4.64. The molecule has 0 atom stereocenters. The number of azo groups is 1. The molecule has 1 N–H and O–H groups in total. The second-order valence-corrected chi connectivity index (χ2v) is 5.16. The second kappa shape index (κ2) is 5.85. The Morgan fingerprint density at radius 3 is 2.30 bits per heavy atom. The predicted molar refractivity (Wildman–Crippen MR) is 92.1 cm³/mol. The van der Waals surface area contributed by atoms with E-state index in [1.54, 1.807) is 0 Å². The Morgan fingerprint density at radius 2 is 1.43 bits per heavy atom. The molecule has 110 valence electrons. The van der Waals surface area contributed by atoms with E-state index < -0.39 is 0 Å². The lowest BCUT2D eigenvalue weighted by Gasteiger charge is -2.01. The SMILES string of the molecule is c1ccc(N=Nc2ccccc2-c2nc3ccccc3[nH]2)cc1. The van der Waals surface area contributed by atoms with Crippen molar-refractivity contribution >= 4 is 22.4 Å². The first-order valence-electron chi connectivity index (χ1n) is 7.41. The first-order valence-corrected chi connectivity index (χ1v) is 7.41. The Kier molecular flexibility index (Phi) is 3.41. The van der Waals surface area contributed by atoms with Crippen molar-refractivity contribution in [2.75, 3.05) is 0 Å². The minimum Gasteiger partial charge on any atom is -0.338 e. The van der Waals surface area contributed by atoms with E-state index in [1.807, 2.05) is 78.9 Å². The number of hydrogen-bond acceptors (Lipinski definition) is 3. The van der Waals surface area contributed by atoms with Gasteiger partial charge in [-0.1, -0.05) is 42.5 Å². The lowest BCUT2D eigenvalue weighted by atomic mass is 10.2. The molecule has 0 unspecified atom stereocenters. The van der Waals surface area contributed by atoms with Crippen molar-refractivity contribution < 1.29 is 0 Å². The van der Waals surface area contributed by atoms with Crippen molar-refractivity contribution in [3.05, 3.63) is 78.9 Å². The Morgan fingerprint density at radius 1 is 0.696 bits per heavy atom. The molecular weight excluding hydrogens is 284 g/mol. The van der Waals surface area contributed by atoms with Crippen LogP contribution in [0.15, 0.2) is 89.1 Å². The number of hydrogen-bond donors (Lipinski definition) is 1. The normalized spacial score (nSPS) is 11.3.